The predicted molar refractivity (Wildman–Crippen MR) is 109 cm³/mol. The number of pyridine rings is 2. The first-order valence-corrected chi connectivity index (χ1v) is 9.86. The summed E-state index contributed by atoms with van der Waals surface area (Å²) in [6.07, 6.45) is -3.09. The van der Waals surface area contributed by atoms with E-state index in [0.717, 1.165) is 17.5 Å². The molecule has 0 aliphatic rings. The van der Waals surface area contributed by atoms with Gasteiger partial charge >= 0.3 is 12.3 Å². The molecule has 0 aliphatic carbocycles. The zero-order valence-electron chi connectivity index (χ0n) is 16.6. The van der Waals surface area contributed by atoms with Gasteiger partial charge in [0.1, 0.15) is 22.8 Å². The largest absolute Gasteiger partial charge is 0.491 e. The van der Waals surface area contributed by atoms with Gasteiger partial charge in [-0.25, -0.2) is 14.8 Å². The average molecular weight is 453 g/mol. The van der Waals surface area contributed by atoms with Gasteiger partial charge in [-0.3, -0.25) is 4.98 Å². The number of amides is 1. The summed E-state index contributed by atoms with van der Waals surface area (Å²) in [5.41, 5.74) is -0.119. The second-order valence-electron chi connectivity index (χ2n) is 6.41. The van der Waals surface area contributed by atoms with Gasteiger partial charge in [0.2, 0.25) is 0 Å². The van der Waals surface area contributed by atoms with Gasteiger partial charge in [0.15, 0.2) is 10.9 Å². The Hall–Kier alpha value is -3.41. The van der Waals surface area contributed by atoms with Crippen molar-refractivity contribution in [3.63, 3.8) is 0 Å². The molecule has 0 fully saturated rings. The fraction of sp³-hybridized carbons (Fsp3) is 0.263. The van der Waals surface area contributed by atoms with E-state index >= 15 is 0 Å². The first-order valence-electron chi connectivity index (χ1n) is 8.98. The minimum atomic E-state index is -4.73. The van der Waals surface area contributed by atoms with Crippen LogP contribution in [0.4, 0.5) is 28.9 Å². The molecule has 0 bridgehead atoms. The zero-order chi connectivity index (χ0) is 22.6. The first-order chi connectivity index (χ1) is 14.7. The molecule has 0 radical (unpaired) electrons. The van der Waals surface area contributed by atoms with Crippen LogP contribution in [0.25, 0.3) is 11.4 Å². The number of alkyl halides is 3. The van der Waals surface area contributed by atoms with E-state index in [4.69, 9.17) is 9.47 Å². The Bertz CT molecular complexity index is 1070. The van der Waals surface area contributed by atoms with Gasteiger partial charge in [-0.1, -0.05) is 0 Å². The standard InChI is InChI=1S/C19H18F3N5O3S/c1-10(2)29-11-4-5-24-14(7-11)15-9-31-17(26-15)27-16-13(19(20,21)22)6-12(8-25-16)30-18(28)23-3/h4-10H,1-3H3,(H,23,28)(H,25,26,27). The molecule has 12 heteroatoms. The number of carbonyl (C=O) groups excluding carboxylic acids is 1. The van der Waals surface area contributed by atoms with Crippen molar-refractivity contribution < 1.29 is 27.4 Å². The molecule has 0 atom stereocenters. The monoisotopic (exact) mass is 453 g/mol. The summed E-state index contributed by atoms with van der Waals surface area (Å²) in [6, 6.07) is 4.09. The van der Waals surface area contributed by atoms with Crippen LogP contribution >= 0.6 is 11.3 Å². The Morgan fingerprint density at radius 3 is 2.61 bits per heavy atom. The van der Waals surface area contributed by atoms with Gasteiger partial charge in [-0.2, -0.15) is 13.2 Å². The molecule has 0 spiro atoms. The number of carbonyl (C=O) groups is 1. The number of rotatable bonds is 6. The fourth-order valence-electron chi connectivity index (χ4n) is 2.42. The van der Waals surface area contributed by atoms with Crippen LogP contribution in [0.15, 0.2) is 36.0 Å². The van der Waals surface area contributed by atoms with E-state index in [0.29, 0.717) is 23.2 Å². The Kier molecular flexibility index (Phi) is 6.59. The van der Waals surface area contributed by atoms with Crippen molar-refractivity contribution in [2.24, 2.45) is 0 Å². The van der Waals surface area contributed by atoms with Gasteiger partial charge < -0.3 is 20.1 Å². The molecule has 8 nitrogen and oxygen atoms in total. The van der Waals surface area contributed by atoms with E-state index in [9.17, 15) is 18.0 Å². The third-order valence-corrected chi connectivity index (χ3v) is 4.44. The lowest BCUT2D eigenvalue weighted by Gasteiger charge is -2.13. The molecule has 0 aromatic carbocycles. The maximum atomic E-state index is 13.5. The van der Waals surface area contributed by atoms with Crippen molar-refractivity contribution in [2.75, 3.05) is 12.4 Å². The number of hydrogen-bond acceptors (Lipinski definition) is 8. The van der Waals surface area contributed by atoms with E-state index in [2.05, 4.69) is 25.6 Å². The number of anilines is 2. The van der Waals surface area contributed by atoms with E-state index in [1.54, 1.807) is 23.7 Å². The number of nitrogens with zero attached hydrogens (tertiary/aromatic N) is 3. The minimum absolute atomic E-state index is 0.0230. The summed E-state index contributed by atoms with van der Waals surface area (Å²) in [5.74, 6) is -0.207. The van der Waals surface area contributed by atoms with Crippen molar-refractivity contribution in [1.82, 2.24) is 20.3 Å². The lowest BCUT2D eigenvalue weighted by atomic mass is 10.2. The summed E-state index contributed by atoms with van der Waals surface area (Å²) in [5, 5.41) is 6.56. The number of nitrogens with one attached hydrogen (secondary N) is 2. The second-order valence-corrected chi connectivity index (χ2v) is 7.27. The summed E-state index contributed by atoms with van der Waals surface area (Å²) in [7, 11) is 1.29. The number of thiazole rings is 1. The molecule has 3 aromatic rings. The first kappa shape index (κ1) is 22.3. The summed E-state index contributed by atoms with van der Waals surface area (Å²) in [6.45, 7) is 3.78. The highest BCUT2D eigenvalue weighted by Crippen LogP contribution is 2.37. The topological polar surface area (TPSA) is 98.3 Å². The van der Waals surface area contributed by atoms with Gasteiger partial charge in [0.05, 0.1) is 18.0 Å². The van der Waals surface area contributed by atoms with E-state index < -0.39 is 23.7 Å². The average Bonchev–Trinajstić information content (AvgIpc) is 3.16. The van der Waals surface area contributed by atoms with Crippen LogP contribution in [-0.4, -0.2) is 34.2 Å². The molecule has 0 saturated heterocycles. The van der Waals surface area contributed by atoms with E-state index in [1.165, 1.54) is 7.05 Å². The molecular formula is C19H18F3N5O3S. The molecule has 3 heterocycles. The number of ether oxygens (including phenoxy) is 2. The second kappa shape index (κ2) is 9.16. The SMILES string of the molecule is CNC(=O)Oc1cnc(Nc2nc(-c3cc(OC(C)C)ccn3)cs2)c(C(F)(F)F)c1. The van der Waals surface area contributed by atoms with Crippen LogP contribution in [0.3, 0.4) is 0 Å². The van der Waals surface area contributed by atoms with E-state index in [-0.39, 0.29) is 17.0 Å². The molecule has 0 aliphatic heterocycles. The molecule has 3 rings (SSSR count). The summed E-state index contributed by atoms with van der Waals surface area (Å²) >= 11 is 1.09. The van der Waals surface area contributed by atoms with Crippen molar-refractivity contribution in [1.29, 1.82) is 0 Å². The lowest BCUT2D eigenvalue weighted by Crippen LogP contribution is -2.22. The highest BCUT2D eigenvalue weighted by molar-refractivity contribution is 7.14. The Balaban J connectivity index is 1.85. The Morgan fingerprint density at radius 2 is 1.94 bits per heavy atom. The molecule has 3 aromatic heterocycles. The normalized spacial score (nSPS) is 11.3. The quantitative estimate of drug-likeness (QED) is 0.550. The number of hydrogen-bond donors (Lipinski definition) is 2. The molecule has 0 saturated carbocycles. The molecule has 31 heavy (non-hydrogen) atoms. The van der Waals surface area contributed by atoms with Crippen LogP contribution in [0, 0.1) is 0 Å². The minimum Gasteiger partial charge on any atom is -0.491 e. The van der Waals surface area contributed by atoms with Crippen LogP contribution in [0.1, 0.15) is 19.4 Å². The smallest absolute Gasteiger partial charge is 0.420 e. The van der Waals surface area contributed by atoms with Crippen molar-refractivity contribution >= 4 is 28.4 Å². The van der Waals surface area contributed by atoms with Crippen LogP contribution in [0.2, 0.25) is 0 Å². The Labute approximate surface area is 179 Å². The maximum Gasteiger partial charge on any atom is 0.420 e. The number of halogens is 3. The predicted octanol–water partition coefficient (Wildman–Crippen LogP) is 4.87. The molecule has 0 unspecified atom stereocenters. The fourth-order valence-corrected chi connectivity index (χ4v) is 3.13. The van der Waals surface area contributed by atoms with Crippen LogP contribution in [0.5, 0.6) is 11.5 Å². The Morgan fingerprint density at radius 1 is 1.16 bits per heavy atom. The summed E-state index contributed by atoms with van der Waals surface area (Å²) in [4.78, 5) is 23.5. The third kappa shape index (κ3) is 5.81. The molecule has 2 N–H and O–H groups in total. The van der Waals surface area contributed by atoms with Crippen molar-refractivity contribution in [2.45, 2.75) is 26.1 Å². The van der Waals surface area contributed by atoms with Crippen LogP contribution in [-0.2, 0) is 6.18 Å². The summed E-state index contributed by atoms with van der Waals surface area (Å²) < 4.78 is 50.8. The maximum absolute atomic E-state index is 13.5. The van der Waals surface area contributed by atoms with Crippen molar-refractivity contribution in [3.05, 3.63) is 41.5 Å². The van der Waals surface area contributed by atoms with Crippen LogP contribution < -0.4 is 20.1 Å². The lowest BCUT2D eigenvalue weighted by molar-refractivity contribution is -0.137. The van der Waals surface area contributed by atoms with Gasteiger partial charge in [0.25, 0.3) is 0 Å². The highest BCUT2D eigenvalue weighted by atomic mass is 32.1. The van der Waals surface area contributed by atoms with Gasteiger partial charge in [-0.15, -0.1) is 11.3 Å². The zero-order valence-corrected chi connectivity index (χ0v) is 17.5. The highest BCUT2D eigenvalue weighted by Gasteiger charge is 2.35. The van der Waals surface area contributed by atoms with Gasteiger partial charge in [-0.05, 0) is 26.0 Å². The number of aromatic nitrogens is 3. The van der Waals surface area contributed by atoms with Gasteiger partial charge in [0, 0.05) is 24.7 Å². The molecule has 164 valence electrons. The molecule has 1 amide bonds. The third-order valence-electron chi connectivity index (χ3n) is 3.68. The van der Waals surface area contributed by atoms with E-state index in [1.807, 2.05) is 13.8 Å². The molecular weight excluding hydrogens is 435 g/mol. The van der Waals surface area contributed by atoms with Crippen molar-refractivity contribution in [3.8, 4) is 22.9 Å².